The van der Waals surface area contributed by atoms with Crippen LogP contribution >= 0.6 is 0 Å². The van der Waals surface area contributed by atoms with Gasteiger partial charge in [0.2, 0.25) is 0 Å². The van der Waals surface area contributed by atoms with Crippen LogP contribution in [0.2, 0.25) is 0 Å². The molecule has 1 aromatic heterocycles. The molecule has 0 radical (unpaired) electrons. The normalized spacial score (nSPS) is 15.7. The second-order valence-corrected chi connectivity index (χ2v) is 9.02. The Labute approximate surface area is 187 Å². The number of benzene rings is 5. The molecule has 1 atom stereocenters. The number of rotatable bonds is 1. The summed E-state index contributed by atoms with van der Waals surface area (Å²) in [5.74, 6) is 0.525. The van der Waals surface area contributed by atoms with E-state index in [1.54, 1.807) is 0 Å². The van der Waals surface area contributed by atoms with E-state index in [9.17, 15) is 0 Å². The zero-order valence-electron chi connectivity index (χ0n) is 18.0. The lowest BCUT2D eigenvalue weighted by molar-refractivity contribution is 0.773. The van der Waals surface area contributed by atoms with Crippen molar-refractivity contribution in [1.82, 2.24) is 4.57 Å². The summed E-state index contributed by atoms with van der Waals surface area (Å²) in [7, 11) is 0. The Morgan fingerprint density at radius 1 is 0.688 bits per heavy atom. The molecular formula is C31H23N. The third-order valence-electron chi connectivity index (χ3n) is 7.18. The molecule has 0 N–H and O–H groups in total. The van der Waals surface area contributed by atoms with Gasteiger partial charge in [-0.15, -0.1) is 0 Å². The van der Waals surface area contributed by atoms with Crippen LogP contribution in [0.3, 0.4) is 0 Å². The molecule has 0 saturated carbocycles. The molecule has 5 aromatic carbocycles. The Kier molecular flexibility index (Phi) is 3.66. The summed E-state index contributed by atoms with van der Waals surface area (Å²) in [6, 6.07) is 33.4. The highest BCUT2D eigenvalue weighted by Crippen LogP contribution is 2.42. The van der Waals surface area contributed by atoms with Gasteiger partial charge in [0.05, 0.1) is 16.9 Å². The summed E-state index contributed by atoms with van der Waals surface area (Å²) in [5, 5.41) is 9.23. The Morgan fingerprint density at radius 2 is 1.38 bits per heavy atom. The van der Waals surface area contributed by atoms with E-state index in [1.165, 1.54) is 60.2 Å². The maximum absolute atomic E-state index is 2.49. The number of hydrogen-bond acceptors (Lipinski definition) is 0. The van der Waals surface area contributed by atoms with E-state index in [4.69, 9.17) is 0 Å². The van der Waals surface area contributed by atoms with Gasteiger partial charge in [-0.2, -0.15) is 0 Å². The second kappa shape index (κ2) is 6.58. The van der Waals surface area contributed by atoms with E-state index in [0.717, 1.165) is 6.42 Å². The monoisotopic (exact) mass is 409 g/mol. The van der Waals surface area contributed by atoms with Crippen LogP contribution in [0.5, 0.6) is 0 Å². The fraction of sp³-hybridized carbons (Fsp3) is 0.0968. The minimum absolute atomic E-state index is 0.525. The van der Waals surface area contributed by atoms with E-state index in [-0.39, 0.29) is 0 Å². The van der Waals surface area contributed by atoms with Crippen LogP contribution in [0.25, 0.3) is 55.0 Å². The van der Waals surface area contributed by atoms with Crippen LogP contribution in [0, 0.1) is 0 Å². The van der Waals surface area contributed by atoms with Crippen molar-refractivity contribution in [2.75, 3.05) is 0 Å². The summed E-state index contributed by atoms with van der Waals surface area (Å²) in [6.45, 7) is 2.35. The summed E-state index contributed by atoms with van der Waals surface area (Å²) >= 11 is 0. The Bertz CT molecular complexity index is 1710. The standard InChI is InChI=1S/C31H23N/c1-20-9-8-16-28-30(20)26-14-6-7-15-27(26)32(28)29-19-22-18-17-21-10-2-3-11-23(21)31(22)25-13-5-4-12-24(25)29/h2-8,10-20H,9H2,1H3. The topological polar surface area (TPSA) is 4.93 Å². The number of nitrogens with zero attached hydrogens (tertiary/aromatic N) is 1. The molecule has 32 heavy (non-hydrogen) atoms. The smallest absolute Gasteiger partial charge is 0.0546 e. The van der Waals surface area contributed by atoms with Crippen molar-refractivity contribution in [3.05, 3.63) is 108 Å². The SMILES string of the molecule is CC1CC=Cc2c1c1ccccc1n2-c1cc2ccc3ccccc3c2c2ccccc12. The second-order valence-electron chi connectivity index (χ2n) is 9.02. The van der Waals surface area contributed by atoms with E-state index >= 15 is 0 Å². The minimum atomic E-state index is 0.525. The maximum atomic E-state index is 2.49. The third kappa shape index (κ3) is 2.34. The lowest BCUT2D eigenvalue weighted by Crippen LogP contribution is -2.03. The first-order chi connectivity index (χ1) is 15.8. The summed E-state index contributed by atoms with van der Waals surface area (Å²) in [5.41, 5.74) is 5.36. The van der Waals surface area contributed by atoms with Gasteiger partial charge in [0.15, 0.2) is 0 Å². The highest BCUT2D eigenvalue weighted by atomic mass is 15.0. The largest absolute Gasteiger partial charge is 0.309 e. The average molecular weight is 410 g/mol. The van der Waals surface area contributed by atoms with Gasteiger partial charge in [0.25, 0.3) is 0 Å². The molecule has 1 heteroatoms. The van der Waals surface area contributed by atoms with Crippen molar-refractivity contribution in [2.24, 2.45) is 0 Å². The van der Waals surface area contributed by atoms with Crippen LogP contribution < -0.4 is 0 Å². The van der Waals surface area contributed by atoms with E-state index in [1.807, 2.05) is 0 Å². The number of allylic oxidation sites excluding steroid dienone is 1. The molecule has 0 amide bonds. The Balaban J connectivity index is 1.69. The molecule has 1 nitrogen and oxygen atoms in total. The van der Waals surface area contributed by atoms with Crippen LogP contribution in [-0.4, -0.2) is 4.57 Å². The maximum Gasteiger partial charge on any atom is 0.0546 e. The number of fused-ring (bicyclic) bond motifs is 8. The van der Waals surface area contributed by atoms with Crippen molar-refractivity contribution < 1.29 is 0 Å². The van der Waals surface area contributed by atoms with E-state index in [2.05, 4.69) is 115 Å². The highest BCUT2D eigenvalue weighted by molar-refractivity contribution is 6.22. The molecular weight excluding hydrogens is 386 g/mol. The van der Waals surface area contributed by atoms with Gasteiger partial charge in [0, 0.05) is 10.8 Å². The first-order valence-electron chi connectivity index (χ1n) is 11.4. The van der Waals surface area contributed by atoms with Gasteiger partial charge in [-0.05, 0) is 63.0 Å². The van der Waals surface area contributed by atoms with Crippen LogP contribution in [-0.2, 0) is 0 Å². The average Bonchev–Trinajstić information content (AvgIpc) is 3.18. The lowest BCUT2D eigenvalue weighted by atomic mass is 9.90. The zero-order chi connectivity index (χ0) is 21.2. The molecule has 1 unspecified atom stereocenters. The molecule has 1 aliphatic rings. The fourth-order valence-corrected chi connectivity index (χ4v) is 5.77. The molecule has 7 rings (SSSR count). The van der Waals surface area contributed by atoms with Crippen molar-refractivity contribution in [3.8, 4) is 5.69 Å². The Morgan fingerprint density at radius 3 is 2.25 bits per heavy atom. The predicted octanol–water partition coefficient (Wildman–Crippen LogP) is 8.61. The van der Waals surface area contributed by atoms with Gasteiger partial charge < -0.3 is 4.57 Å². The van der Waals surface area contributed by atoms with Crippen LogP contribution in [0.1, 0.15) is 30.5 Å². The third-order valence-corrected chi connectivity index (χ3v) is 7.18. The van der Waals surface area contributed by atoms with Crippen molar-refractivity contribution >= 4 is 49.3 Å². The van der Waals surface area contributed by atoms with E-state index in [0.29, 0.717) is 5.92 Å². The molecule has 0 spiro atoms. The molecule has 6 aromatic rings. The molecule has 0 saturated heterocycles. The van der Waals surface area contributed by atoms with Gasteiger partial charge >= 0.3 is 0 Å². The van der Waals surface area contributed by atoms with Crippen molar-refractivity contribution in [3.63, 3.8) is 0 Å². The molecule has 1 heterocycles. The lowest BCUT2D eigenvalue weighted by Gasteiger charge is -2.19. The fourth-order valence-electron chi connectivity index (χ4n) is 5.77. The van der Waals surface area contributed by atoms with Crippen LogP contribution in [0.4, 0.5) is 0 Å². The van der Waals surface area contributed by atoms with Crippen molar-refractivity contribution in [1.29, 1.82) is 0 Å². The first kappa shape index (κ1) is 17.8. The molecule has 1 aliphatic carbocycles. The predicted molar refractivity (Wildman–Crippen MR) is 138 cm³/mol. The molecule has 0 bridgehead atoms. The van der Waals surface area contributed by atoms with Gasteiger partial charge in [-0.3, -0.25) is 0 Å². The Hall–Kier alpha value is -3.84. The zero-order valence-corrected chi connectivity index (χ0v) is 18.0. The molecule has 0 aliphatic heterocycles. The minimum Gasteiger partial charge on any atom is -0.309 e. The molecule has 152 valence electrons. The van der Waals surface area contributed by atoms with Crippen molar-refractivity contribution in [2.45, 2.75) is 19.3 Å². The van der Waals surface area contributed by atoms with Crippen LogP contribution in [0.15, 0.2) is 97.1 Å². The number of hydrogen-bond donors (Lipinski definition) is 0. The summed E-state index contributed by atoms with van der Waals surface area (Å²) in [6.07, 6.45) is 5.76. The molecule has 0 fully saturated rings. The summed E-state index contributed by atoms with van der Waals surface area (Å²) < 4.78 is 2.49. The van der Waals surface area contributed by atoms with E-state index < -0.39 is 0 Å². The quantitative estimate of drug-likeness (QED) is 0.240. The van der Waals surface area contributed by atoms with Gasteiger partial charge in [-0.1, -0.05) is 91.9 Å². The van der Waals surface area contributed by atoms with Gasteiger partial charge in [-0.25, -0.2) is 0 Å². The highest BCUT2D eigenvalue weighted by Gasteiger charge is 2.24. The first-order valence-corrected chi connectivity index (χ1v) is 11.4. The summed E-state index contributed by atoms with van der Waals surface area (Å²) in [4.78, 5) is 0. The number of aromatic nitrogens is 1. The van der Waals surface area contributed by atoms with Gasteiger partial charge in [0.1, 0.15) is 0 Å². The number of para-hydroxylation sites is 1.